The minimum atomic E-state index is -3.82. The van der Waals surface area contributed by atoms with Crippen molar-refractivity contribution in [3.63, 3.8) is 0 Å². The number of ether oxygens (including phenoxy) is 1. The Kier molecular flexibility index (Phi) is 3.96. The van der Waals surface area contributed by atoms with Gasteiger partial charge in [0.2, 0.25) is 10.0 Å². The van der Waals surface area contributed by atoms with Gasteiger partial charge in [0, 0.05) is 12.0 Å². The molecule has 118 valence electrons. The first-order valence-electron chi connectivity index (χ1n) is 6.83. The molecule has 4 nitrogen and oxygen atoms in total. The molecule has 1 aliphatic rings. The second kappa shape index (κ2) is 5.64. The highest BCUT2D eigenvalue weighted by Gasteiger charge is 2.45. The molecular weight excluding hydrogens is 325 g/mol. The molecule has 0 amide bonds. The molecule has 3 rings (SSSR count). The van der Waals surface area contributed by atoms with Crippen molar-refractivity contribution in [2.75, 3.05) is 13.7 Å². The molecule has 0 atom stereocenters. The third-order valence-electron chi connectivity index (χ3n) is 4.00. The largest absolute Gasteiger partial charge is 0.495 e. The van der Waals surface area contributed by atoms with E-state index in [4.69, 9.17) is 4.74 Å². The number of benzene rings is 1. The van der Waals surface area contributed by atoms with Crippen LogP contribution in [0.3, 0.4) is 0 Å². The maximum Gasteiger partial charge on any atom is 0.244 e. The molecule has 1 saturated carbocycles. The van der Waals surface area contributed by atoms with Crippen LogP contribution in [0, 0.1) is 5.82 Å². The van der Waals surface area contributed by atoms with Crippen LogP contribution in [0.5, 0.6) is 5.75 Å². The quantitative estimate of drug-likeness (QED) is 0.879. The fraction of sp³-hybridized carbons (Fsp3) is 0.333. The summed E-state index contributed by atoms with van der Waals surface area (Å²) in [6.07, 6.45) is 1.90. The molecule has 0 bridgehead atoms. The van der Waals surface area contributed by atoms with Crippen LogP contribution in [0.25, 0.3) is 0 Å². The van der Waals surface area contributed by atoms with Crippen LogP contribution in [0.1, 0.15) is 18.4 Å². The zero-order valence-electron chi connectivity index (χ0n) is 12.0. The lowest BCUT2D eigenvalue weighted by Crippen LogP contribution is -2.32. The fourth-order valence-electron chi connectivity index (χ4n) is 2.46. The van der Waals surface area contributed by atoms with E-state index in [0.29, 0.717) is 6.54 Å². The summed E-state index contributed by atoms with van der Waals surface area (Å²) >= 11 is 1.60. The molecule has 1 N–H and O–H groups in total. The first-order chi connectivity index (χ1) is 10.5. The summed E-state index contributed by atoms with van der Waals surface area (Å²) in [7, 11) is -2.46. The van der Waals surface area contributed by atoms with Crippen LogP contribution in [-0.4, -0.2) is 22.1 Å². The van der Waals surface area contributed by atoms with Gasteiger partial charge in [-0.25, -0.2) is 17.5 Å². The molecule has 1 aromatic heterocycles. The Balaban J connectivity index is 1.82. The van der Waals surface area contributed by atoms with Gasteiger partial charge in [-0.15, -0.1) is 0 Å². The Morgan fingerprint density at radius 3 is 2.73 bits per heavy atom. The third-order valence-corrected chi connectivity index (χ3v) is 6.11. The van der Waals surface area contributed by atoms with Crippen molar-refractivity contribution >= 4 is 21.4 Å². The number of thiophene rings is 1. The first-order valence-corrected chi connectivity index (χ1v) is 9.25. The smallest absolute Gasteiger partial charge is 0.244 e. The van der Waals surface area contributed by atoms with Crippen molar-refractivity contribution in [1.29, 1.82) is 0 Å². The summed E-state index contributed by atoms with van der Waals surface area (Å²) in [5, 5.41) is 4.03. The summed E-state index contributed by atoms with van der Waals surface area (Å²) in [4.78, 5) is -0.170. The van der Waals surface area contributed by atoms with Crippen LogP contribution in [0.2, 0.25) is 0 Å². The molecule has 0 spiro atoms. The summed E-state index contributed by atoms with van der Waals surface area (Å²) in [5.74, 6) is -0.477. The lowest BCUT2D eigenvalue weighted by atomic mass is 10.0. The number of hydrogen-bond acceptors (Lipinski definition) is 4. The number of halogens is 1. The molecule has 0 radical (unpaired) electrons. The highest BCUT2D eigenvalue weighted by atomic mass is 32.2. The zero-order chi connectivity index (χ0) is 15.8. The van der Waals surface area contributed by atoms with E-state index in [2.05, 4.69) is 4.72 Å². The van der Waals surface area contributed by atoms with Gasteiger partial charge < -0.3 is 4.74 Å². The Hall–Kier alpha value is -1.44. The van der Waals surface area contributed by atoms with Gasteiger partial charge in [-0.05, 0) is 53.4 Å². The van der Waals surface area contributed by atoms with Crippen LogP contribution in [0.15, 0.2) is 39.9 Å². The number of nitrogens with one attached hydrogen (secondary N) is 1. The van der Waals surface area contributed by atoms with E-state index in [-0.39, 0.29) is 16.1 Å². The fourth-order valence-corrected chi connectivity index (χ4v) is 4.54. The van der Waals surface area contributed by atoms with Crippen molar-refractivity contribution in [2.45, 2.75) is 23.2 Å². The third kappa shape index (κ3) is 2.88. The number of methoxy groups -OCH3 is 1. The van der Waals surface area contributed by atoms with Gasteiger partial charge in [0.15, 0.2) is 0 Å². The Morgan fingerprint density at radius 2 is 2.14 bits per heavy atom. The average Bonchev–Trinajstić information content (AvgIpc) is 3.09. The number of hydrogen-bond donors (Lipinski definition) is 1. The Bertz CT molecular complexity index is 768. The number of sulfonamides is 1. The van der Waals surface area contributed by atoms with Gasteiger partial charge in [-0.2, -0.15) is 11.3 Å². The average molecular weight is 341 g/mol. The monoisotopic (exact) mass is 341 g/mol. The van der Waals surface area contributed by atoms with Crippen molar-refractivity contribution in [3.8, 4) is 5.75 Å². The molecule has 1 heterocycles. The molecule has 0 aliphatic heterocycles. The van der Waals surface area contributed by atoms with E-state index in [1.807, 2.05) is 16.8 Å². The molecule has 22 heavy (non-hydrogen) atoms. The van der Waals surface area contributed by atoms with Gasteiger partial charge in [0.25, 0.3) is 0 Å². The molecule has 1 aliphatic carbocycles. The minimum Gasteiger partial charge on any atom is -0.495 e. The van der Waals surface area contributed by atoms with Crippen molar-refractivity contribution in [3.05, 3.63) is 46.4 Å². The molecular formula is C15H16FNO3S2. The van der Waals surface area contributed by atoms with Crippen molar-refractivity contribution in [1.82, 2.24) is 4.72 Å². The van der Waals surface area contributed by atoms with Crippen molar-refractivity contribution < 1.29 is 17.5 Å². The Labute approximate surface area is 133 Å². The standard InChI is InChI=1S/C15H16FNO3S2/c1-20-13-3-2-12(16)8-14(13)22(18,19)17-10-15(5-6-15)11-4-7-21-9-11/h2-4,7-9,17H,5-6,10H2,1H3. The maximum absolute atomic E-state index is 13.4. The maximum atomic E-state index is 13.4. The predicted octanol–water partition coefficient (Wildman–Crippen LogP) is 2.91. The second-order valence-corrected chi connectivity index (χ2v) is 7.93. The van der Waals surface area contributed by atoms with Crippen LogP contribution < -0.4 is 9.46 Å². The Morgan fingerprint density at radius 1 is 1.36 bits per heavy atom. The SMILES string of the molecule is COc1ccc(F)cc1S(=O)(=O)NCC1(c2ccsc2)CC1. The molecule has 2 aromatic rings. The van der Waals surface area contributed by atoms with Crippen molar-refractivity contribution in [2.24, 2.45) is 0 Å². The number of rotatable bonds is 6. The summed E-state index contributed by atoms with van der Waals surface area (Å²) in [6.45, 7) is 0.311. The van der Waals surface area contributed by atoms with E-state index in [1.54, 1.807) is 11.3 Å². The van der Waals surface area contributed by atoms with E-state index in [1.165, 1.54) is 19.2 Å². The second-order valence-electron chi connectivity index (χ2n) is 5.41. The lowest BCUT2D eigenvalue weighted by Gasteiger charge is -2.16. The van der Waals surface area contributed by atoms with Gasteiger partial charge in [-0.1, -0.05) is 0 Å². The van der Waals surface area contributed by atoms with Crippen LogP contribution >= 0.6 is 11.3 Å². The lowest BCUT2D eigenvalue weighted by molar-refractivity contribution is 0.400. The van der Waals surface area contributed by atoms with Gasteiger partial charge in [0.1, 0.15) is 16.5 Å². The minimum absolute atomic E-state index is 0.117. The molecule has 0 unspecified atom stereocenters. The summed E-state index contributed by atoms with van der Waals surface area (Å²) in [5.41, 5.74) is 1.04. The van der Waals surface area contributed by atoms with Gasteiger partial charge in [0.05, 0.1) is 7.11 Å². The highest BCUT2D eigenvalue weighted by Crippen LogP contribution is 2.48. The van der Waals surface area contributed by atoms with E-state index in [9.17, 15) is 12.8 Å². The van der Waals surface area contributed by atoms with E-state index >= 15 is 0 Å². The van der Waals surface area contributed by atoms with E-state index < -0.39 is 15.8 Å². The molecule has 1 aromatic carbocycles. The van der Waals surface area contributed by atoms with Gasteiger partial charge >= 0.3 is 0 Å². The molecule has 1 fully saturated rings. The normalized spacial score (nSPS) is 16.5. The molecule has 7 heteroatoms. The molecule has 0 saturated heterocycles. The highest BCUT2D eigenvalue weighted by molar-refractivity contribution is 7.89. The topological polar surface area (TPSA) is 55.4 Å². The predicted molar refractivity (Wildman–Crippen MR) is 83.4 cm³/mol. The first kappa shape index (κ1) is 15.5. The summed E-state index contributed by atoms with van der Waals surface area (Å²) < 4.78 is 45.9. The van der Waals surface area contributed by atoms with E-state index in [0.717, 1.165) is 24.5 Å². The van der Waals surface area contributed by atoms with Crippen LogP contribution in [-0.2, 0) is 15.4 Å². The van der Waals surface area contributed by atoms with Gasteiger partial charge in [-0.3, -0.25) is 0 Å². The summed E-state index contributed by atoms with van der Waals surface area (Å²) in [6, 6.07) is 5.49. The zero-order valence-corrected chi connectivity index (χ0v) is 13.6. The van der Waals surface area contributed by atoms with Crippen LogP contribution in [0.4, 0.5) is 4.39 Å².